The monoisotopic (exact) mass is 362 g/mol. The van der Waals surface area contributed by atoms with Crippen molar-refractivity contribution in [1.82, 2.24) is 10.2 Å². The zero-order valence-electron chi connectivity index (χ0n) is 15.4. The fourth-order valence-corrected chi connectivity index (χ4v) is 3.06. The van der Waals surface area contributed by atoms with E-state index in [0.29, 0.717) is 30.7 Å². The number of nitrogens with zero attached hydrogens (tertiary/aromatic N) is 1. The molecule has 26 heavy (non-hydrogen) atoms. The largest absolute Gasteiger partial charge is 0.497 e. The molecule has 2 rings (SSSR count). The molecular weight excluding hydrogens is 336 g/mol. The summed E-state index contributed by atoms with van der Waals surface area (Å²) in [5, 5.41) is 12.0. The molecule has 1 aromatic rings. The van der Waals surface area contributed by atoms with Crippen molar-refractivity contribution in [2.24, 2.45) is 11.8 Å². The molecule has 2 N–H and O–H groups in total. The molecule has 0 saturated carbocycles. The molecule has 1 heterocycles. The van der Waals surface area contributed by atoms with Crippen molar-refractivity contribution < 1.29 is 24.2 Å². The molecule has 0 aliphatic carbocycles. The van der Waals surface area contributed by atoms with Gasteiger partial charge in [0.05, 0.1) is 13.0 Å². The van der Waals surface area contributed by atoms with Crippen molar-refractivity contribution in [2.75, 3.05) is 20.2 Å². The maximum absolute atomic E-state index is 12.9. The summed E-state index contributed by atoms with van der Waals surface area (Å²) in [5.41, 5.74) is 0.436. The summed E-state index contributed by atoms with van der Waals surface area (Å²) in [6.45, 7) is 4.42. The molecule has 2 atom stereocenters. The Morgan fingerprint density at radius 1 is 1.23 bits per heavy atom. The molecular formula is C19H26N2O5. The van der Waals surface area contributed by atoms with Crippen molar-refractivity contribution in [1.29, 1.82) is 0 Å². The van der Waals surface area contributed by atoms with E-state index in [0.717, 1.165) is 0 Å². The third-order valence-electron chi connectivity index (χ3n) is 4.65. The lowest BCUT2D eigenvalue weighted by Crippen LogP contribution is -2.54. The predicted octanol–water partition coefficient (Wildman–Crippen LogP) is 1.77. The van der Waals surface area contributed by atoms with Gasteiger partial charge in [-0.2, -0.15) is 0 Å². The Bertz CT molecular complexity index is 656. The average Bonchev–Trinajstić information content (AvgIpc) is 2.65. The van der Waals surface area contributed by atoms with Crippen LogP contribution in [0.5, 0.6) is 5.75 Å². The maximum Gasteiger partial charge on any atom is 0.308 e. The minimum atomic E-state index is -0.883. The van der Waals surface area contributed by atoms with E-state index in [-0.39, 0.29) is 24.3 Å². The summed E-state index contributed by atoms with van der Waals surface area (Å²) in [6.07, 6.45) is 1.23. The normalized spacial score (nSPS) is 18.3. The number of benzene rings is 1. The molecule has 2 unspecified atom stereocenters. The summed E-state index contributed by atoms with van der Waals surface area (Å²) in [7, 11) is 1.55. The van der Waals surface area contributed by atoms with Crippen LogP contribution in [0.15, 0.2) is 24.3 Å². The molecule has 0 spiro atoms. The Labute approximate surface area is 153 Å². The molecule has 0 aromatic heterocycles. The second-order valence-electron chi connectivity index (χ2n) is 6.89. The predicted molar refractivity (Wildman–Crippen MR) is 96.0 cm³/mol. The minimum absolute atomic E-state index is 0.116. The van der Waals surface area contributed by atoms with E-state index in [1.54, 1.807) is 36.3 Å². The number of carbonyl (C=O) groups excluding carboxylic acids is 2. The molecule has 1 aliphatic rings. The van der Waals surface area contributed by atoms with Gasteiger partial charge in [-0.25, -0.2) is 0 Å². The zero-order chi connectivity index (χ0) is 19.3. The van der Waals surface area contributed by atoms with Crippen molar-refractivity contribution in [3.05, 3.63) is 29.8 Å². The summed E-state index contributed by atoms with van der Waals surface area (Å²) >= 11 is 0. The number of aliphatic carboxylic acids is 1. The maximum atomic E-state index is 12.9. The van der Waals surface area contributed by atoms with E-state index < -0.39 is 17.9 Å². The van der Waals surface area contributed by atoms with Crippen molar-refractivity contribution in [2.45, 2.75) is 32.7 Å². The van der Waals surface area contributed by atoms with Gasteiger partial charge < -0.3 is 20.1 Å². The molecule has 2 amide bonds. The fourth-order valence-electron chi connectivity index (χ4n) is 3.06. The summed E-state index contributed by atoms with van der Waals surface area (Å²) < 4.78 is 5.07. The minimum Gasteiger partial charge on any atom is -0.497 e. The fraction of sp³-hybridized carbons (Fsp3) is 0.526. The lowest BCUT2D eigenvalue weighted by Gasteiger charge is -2.34. The molecule has 142 valence electrons. The second-order valence-corrected chi connectivity index (χ2v) is 6.89. The van der Waals surface area contributed by atoms with Crippen molar-refractivity contribution >= 4 is 17.8 Å². The van der Waals surface area contributed by atoms with E-state index in [9.17, 15) is 19.5 Å². The van der Waals surface area contributed by atoms with Crippen LogP contribution in [-0.2, 0) is 9.59 Å². The molecule has 7 nitrogen and oxygen atoms in total. The number of methoxy groups -OCH3 is 1. The van der Waals surface area contributed by atoms with E-state index in [2.05, 4.69) is 5.32 Å². The van der Waals surface area contributed by atoms with Crippen LogP contribution in [0.25, 0.3) is 0 Å². The number of nitrogens with one attached hydrogen (secondary N) is 1. The van der Waals surface area contributed by atoms with Gasteiger partial charge in [0.1, 0.15) is 11.8 Å². The van der Waals surface area contributed by atoms with Gasteiger partial charge in [-0.15, -0.1) is 0 Å². The second kappa shape index (κ2) is 8.69. The number of rotatable bonds is 6. The third kappa shape index (κ3) is 4.74. The van der Waals surface area contributed by atoms with E-state index >= 15 is 0 Å². The van der Waals surface area contributed by atoms with Crippen molar-refractivity contribution in [3.63, 3.8) is 0 Å². The number of carboxylic acid groups (broad SMARTS) is 1. The number of piperidine rings is 1. The van der Waals surface area contributed by atoms with Crippen LogP contribution in [0, 0.1) is 11.8 Å². The Balaban J connectivity index is 2.08. The summed E-state index contributed by atoms with van der Waals surface area (Å²) in [4.78, 5) is 38.2. The molecule has 0 radical (unpaired) electrons. The number of hydrogen-bond donors (Lipinski definition) is 2. The average molecular weight is 362 g/mol. The molecule has 0 bridgehead atoms. The first-order valence-electron chi connectivity index (χ1n) is 8.80. The van der Waals surface area contributed by atoms with E-state index in [4.69, 9.17) is 4.74 Å². The quantitative estimate of drug-likeness (QED) is 0.804. The zero-order valence-corrected chi connectivity index (χ0v) is 15.4. The smallest absolute Gasteiger partial charge is 0.308 e. The van der Waals surface area contributed by atoms with Crippen LogP contribution in [0.2, 0.25) is 0 Å². The molecule has 1 aliphatic heterocycles. The highest BCUT2D eigenvalue weighted by Crippen LogP contribution is 2.19. The number of amides is 2. The number of likely N-dealkylation sites (tertiary alicyclic amines) is 1. The van der Waals surface area contributed by atoms with Gasteiger partial charge in [-0.05, 0) is 43.0 Å². The van der Waals surface area contributed by atoms with Crippen LogP contribution in [-0.4, -0.2) is 54.0 Å². The highest BCUT2D eigenvalue weighted by molar-refractivity contribution is 5.97. The van der Waals surface area contributed by atoms with Crippen LogP contribution in [0.1, 0.15) is 37.0 Å². The Morgan fingerprint density at radius 2 is 1.88 bits per heavy atom. The lowest BCUT2D eigenvalue weighted by molar-refractivity contribution is -0.146. The lowest BCUT2D eigenvalue weighted by atomic mass is 9.95. The first kappa shape index (κ1) is 19.8. The highest BCUT2D eigenvalue weighted by atomic mass is 16.5. The number of hydrogen-bond acceptors (Lipinski definition) is 4. The molecule has 1 fully saturated rings. The Hall–Kier alpha value is -2.57. The van der Waals surface area contributed by atoms with Gasteiger partial charge in [-0.1, -0.05) is 13.8 Å². The van der Waals surface area contributed by atoms with Crippen LogP contribution < -0.4 is 10.1 Å². The van der Waals surface area contributed by atoms with E-state index in [1.165, 1.54) is 0 Å². The molecule has 7 heteroatoms. The van der Waals surface area contributed by atoms with Crippen LogP contribution in [0.3, 0.4) is 0 Å². The van der Waals surface area contributed by atoms with Gasteiger partial charge in [0.25, 0.3) is 5.91 Å². The Morgan fingerprint density at radius 3 is 2.42 bits per heavy atom. The standard InChI is InChI=1S/C19H26N2O5/c1-12(2)16(18(23)21-10-4-5-14(11-21)19(24)25)20-17(22)13-6-8-15(26-3)9-7-13/h6-9,12,14,16H,4-5,10-11H2,1-3H3,(H,20,22)(H,24,25). The number of ether oxygens (including phenoxy) is 1. The molecule has 1 saturated heterocycles. The Kier molecular flexibility index (Phi) is 6.60. The van der Waals surface area contributed by atoms with Crippen LogP contribution in [0.4, 0.5) is 0 Å². The SMILES string of the molecule is COc1ccc(C(=O)NC(C(=O)N2CCCC(C(=O)O)C2)C(C)C)cc1. The highest BCUT2D eigenvalue weighted by Gasteiger charge is 2.33. The van der Waals surface area contributed by atoms with Crippen LogP contribution >= 0.6 is 0 Å². The van der Waals surface area contributed by atoms with E-state index in [1.807, 2.05) is 13.8 Å². The van der Waals surface area contributed by atoms with Gasteiger partial charge in [0, 0.05) is 18.7 Å². The third-order valence-corrected chi connectivity index (χ3v) is 4.65. The topological polar surface area (TPSA) is 95.9 Å². The number of carbonyl (C=O) groups is 3. The van der Waals surface area contributed by atoms with Gasteiger partial charge in [0.2, 0.25) is 5.91 Å². The van der Waals surface area contributed by atoms with Gasteiger partial charge in [0.15, 0.2) is 0 Å². The summed E-state index contributed by atoms with van der Waals surface area (Å²) in [5.74, 6) is -1.47. The first-order chi connectivity index (χ1) is 12.3. The number of carboxylic acids is 1. The van der Waals surface area contributed by atoms with Crippen molar-refractivity contribution in [3.8, 4) is 5.75 Å². The first-order valence-corrected chi connectivity index (χ1v) is 8.80. The summed E-state index contributed by atoms with van der Waals surface area (Å²) in [6, 6.07) is 5.94. The molecule has 1 aromatic carbocycles. The van der Waals surface area contributed by atoms with Gasteiger partial charge >= 0.3 is 5.97 Å². The van der Waals surface area contributed by atoms with Gasteiger partial charge in [-0.3, -0.25) is 14.4 Å².